The lowest BCUT2D eigenvalue weighted by Crippen LogP contribution is -2.25. The van der Waals surface area contributed by atoms with Crippen LogP contribution in [0.1, 0.15) is 44.1 Å². The summed E-state index contributed by atoms with van der Waals surface area (Å²) >= 11 is 0. The minimum absolute atomic E-state index is 0.170. The molecule has 134 valence electrons. The van der Waals surface area contributed by atoms with E-state index < -0.39 is 0 Å². The summed E-state index contributed by atoms with van der Waals surface area (Å²) in [5, 5.41) is 3.62. The van der Waals surface area contributed by atoms with Gasteiger partial charge in [0.25, 0.3) is 0 Å². The fourth-order valence-corrected chi connectivity index (χ4v) is 3.52. The molecule has 1 aromatic carbocycles. The van der Waals surface area contributed by atoms with E-state index in [1.807, 2.05) is 12.1 Å². The zero-order chi connectivity index (χ0) is 16.8. The molecule has 1 heterocycles. The van der Waals surface area contributed by atoms with Crippen molar-refractivity contribution in [2.75, 3.05) is 27.4 Å². The molecule has 1 atom stereocenters. The van der Waals surface area contributed by atoms with Crippen molar-refractivity contribution in [1.82, 2.24) is 5.32 Å². The monoisotopic (exact) mass is 335 g/mol. The van der Waals surface area contributed by atoms with E-state index in [2.05, 4.69) is 5.32 Å². The zero-order valence-electron chi connectivity index (χ0n) is 14.8. The highest BCUT2D eigenvalue weighted by molar-refractivity contribution is 5.53. The van der Waals surface area contributed by atoms with E-state index in [0.29, 0.717) is 18.4 Å². The molecule has 1 aromatic rings. The Bertz CT molecular complexity index is 497. The van der Waals surface area contributed by atoms with Gasteiger partial charge < -0.3 is 24.3 Å². The number of hydrogen-bond donors (Lipinski definition) is 1. The van der Waals surface area contributed by atoms with Crippen molar-refractivity contribution in [2.24, 2.45) is 0 Å². The lowest BCUT2D eigenvalue weighted by Gasteiger charge is -2.19. The van der Waals surface area contributed by atoms with Crippen molar-refractivity contribution in [2.45, 2.75) is 57.2 Å². The minimum Gasteiger partial charge on any atom is -0.493 e. The number of benzene rings is 1. The van der Waals surface area contributed by atoms with Crippen molar-refractivity contribution in [3.8, 4) is 17.2 Å². The smallest absolute Gasteiger partial charge is 0.203 e. The van der Waals surface area contributed by atoms with Crippen LogP contribution in [0.3, 0.4) is 0 Å². The first-order valence-corrected chi connectivity index (χ1v) is 9.03. The molecule has 2 fully saturated rings. The number of rotatable bonds is 8. The maximum absolute atomic E-state index is 5.97. The maximum atomic E-state index is 5.97. The molecular weight excluding hydrogens is 306 g/mol. The Morgan fingerprint density at radius 2 is 1.75 bits per heavy atom. The van der Waals surface area contributed by atoms with E-state index in [4.69, 9.17) is 18.9 Å². The second-order valence-electron chi connectivity index (χ2n) is 6.64. The van der Waals surface area contributed by atoms with Crippen molar-refractivity contribution in [1.29, 1.82) is 0 Å². The third kappa shape index (κ3) is 4.33. The van der Waals surface area contributed by atoms with Gasteiger partial charge in [-0.05, 0) is 43.4 Å². The van der Waals surface area contributed by atoms with Crippen LogP contribution in [0.15, 0.2) is 12.1 Å². The lowest BCUT2D eigenvalue weighted by molar-refractivity contribution is 0.0659. The van der Waals surface area contributed by atoms with Gasteiger partial charge in [-0.3, -0.25) is 0 Å². The molecule has 1 aliphatic heterocycles. The van der Waals surface area contributed by atoms with Crippen LogP contribution in [0.4, 0.5) is 0 Å². The van der Waals surface area contributed by atoms with Gasteiger partial charge in [-0.15, -0.1) is 0 Å². The van der Waals surface area contributed by atoms with Crippen LogP contribution in [-0.4, -0.2) is 39.6 Å². The molecule has 0 spiro atoms. The number of nitrogens with one attached hydrogen (secondary N) is 1. The quantitative estimate of drug-likeness (QED) is 0.790. The predicted octanol–water partition coefficient (Wildman–Crippen LogP) is 3.29. The summed E-state index contributed by atoms with van der Waals surface area (Å²) in [5.74, 6) is 2.10. The van der Waals surface area contributed by atoms with Gasteiger partial charge in [0.1, 0.15) is 6.61 Å². The molecule has 0 unspecified atom stereocenters. The third-order valence-electron chi connectivity index (χ3n) is 4.91. The highest BCUT2D eigenvalue weighted by atomic mass is 16.6. The van der Waals surface area contributed by atoms with Gasteiger partial charge in [0.15, 0.2) is 11.5 Å². The van der Waals surface area contributed by atoms with Crippen LogP contribution < -0.4 is 19.5 Å². The Balaban J connectivity index is 1.67. The van der Waals surface area contributed by atoms with Crippen molar-refractivity contribution < 1.29 is 18.9 Å². The Kier molecular flexibility index (Phi) is 6.21. The average Bonchev–Trinajstić information content (AvgIpc) is 3.31. The van der Waals surface area contributed by atoms with Gasteiger partial charge in [-0.1, -0.05) is 12.8 Å². The molecule has 1 saturated carbocycles. The molecular formula is C19H29NO4. The summed E-state index contributed by atoms with van der Waals surface area (Å²) in [5.41, 5.74) is 1.15. The number of hydrogen-bond acceptors (Lipinski definition) is 5. The fraction of sp³-hybridized carbons (Fsp3) is 0.684. The van der Waals surface area contributed by atoms with Crippen molar-refractivity contribution in [3.63, 3.8) is 0 Å². The van der Waals surface area contributed by atoms with Crippen molar-refractivity contribution >= 4 is 0 Å². The van der Waals surface area contributed by atoms with Crippen LogP contribution in [0.2, 0.25) is 0 Å². The van der Waals surface area contributed by atoms with Crippen LogP contribution >= 0.6 is 0 Å². The molecule has 1 saturated heterocycles. The van der Waals surface area contributed by atoms with Gasteiger partial charge in [-0.2, -0.15) is 0 Å². The largest absolute Gasteiger partial charge is 0.493 e. The van der Waals surface area contributed by atoms with Crippen LogP contribution in [-0.2, 0) is 11.3 Å². The molecule has 5 heteroatoms. The van der Waals surface area contributed by atoms with E-state index >= 15 is 0 Å². The Morgan fingerprint density at radius 3 is 2.33 bits per heavy atom. The summed E-state index contributed by atoms with van der Waals surface area (Å²) in [7, 11) is 3.34. The fourth-order valence-electron chi connectivity index (χ4n) is 3.52. The van der Waals surface area contributed by atoms with Gasteiger partial charge >= 0.3 is 0 Å². The Hall–Kier alpha value is -1.46. The molecule has 0 aromatic heterocycles. The standard InChI is InChI=1S/C19H29NO4/c1-21-17-10-14(12-20-15-6-3-4-7-15)11-18(22-2)19(17)24-13-16-8-5-9-23-16/h10-11,15-16,20H,3-9,12-13H2,1-2H3/t16-/m1/s1. The molecule has 5 nitrogen and oxygen atoms in total. The first-order valence-electron chi connectivity index (χ1n) is 9.03. The molecule has 3 rings (SSSR count). The Morgan fingerprint density at radius 1 is 1.04 bits per heavy atom. The van der Waals surface area contributed by atoms with Crippen LogP contribution in [0.5, 0.6) is 17.2 Å². The summed E-state index contributed by atoms with van der Waals surface area (Å²) in [6.45, 7) is 2.18. The number of methoxy groups -OCH3 is 2. The van der Waals surface area contributed by atoms with Gasteiger partial charge in [0, 0.05) is 19.2 Å². The highest BCUT2D eigenvalue weighted by Gasteiger charge is 2.20. The van der Waals surface area contributed by atoms with E-state index in [1.165, 1.54) is 25.7 Å². The second-order valence-corrected chi connectivity index (χ2v) is 6.64. The normalized spacial score (nSPS) is 21.2. The molecule has 0 bridgehead atoms. The summed E-state index contributed by atoms with van der Waals surface area (Å²) in [6.07, 6.45) is 7.54. The van der Waals surface area contributed by atoms with Crippen LogP contribution in [0.25, 0.3) is 0 Å². The first kappa shape index (κ1) is 17.4. The lowest BCUT2D eigenvalue weighted by atomic mass is 10.1. The third-order valence-corrected chi connectivity index (χ3v) is 4.91. The maximum Gasteiger partial charge on any atom is 0.203 e. The summed E-state index contributed by atoms with van der Waals surface area (Å²) in [6, 6.07) is 4.71. The first-order chi connectivity index (χ1) is 11.8. The molecule has 0 amide bonds. The minimum atomic E-state index is 0.170. The summed E-state index contributed by atoms with van der Waals surface area (Å²) < 4.78 is 22.7. The van der Waals surface area contributed by atoms with Crippen LogP contribution in [0, 0.1) is 0 Å². The number of ether oxygens (including phenoxy) is 4. The van der Waals surface area contributed by atoms with E-state index in [-0.39, 0.29) is 6.10 Å². The van der Waals surface area contributed by atoms with E-state index in [1.54, 1.807) is 14.2 Å². The van der Waals surface area contributed by atoms with E-state index in [9.17, 15) is 0 Å². The summed E-state index contributed by atoms with van der Waals surface area (Å²) in [4.78, 5) is 0. The molecule has 0 radical (unpaired) electrons. The highest BCUT2D eigenvalue weighted by Crippen LogP contribution is 2.39. The molecule has 1 N–H and O–H groups in total. The van der Waals surface area contributed by atoms with Gasteiger partial charge in [-0.25, -0.2) is 0 Å². The van der Waals surface area contributed by atoms with Crippen molar-refractivity contribution in [3.05, 3.63) is 17.7 Å². The zero-order valence-corrected chi connectivity index (χ0v) is 14.8. The van der Waals surface area contributed by atoms with E-state index in [0.717, 1.165) is 43.1 Å². The Labute approximate surface area is 144 Å². The molecule has 2 aliphatic rings. The SMILES string of the molecule is COc1cc(CNC2CCCC2)cc(OC)c1OC[C@H]1CCCO1. The topological polar surface area (TPSA) is 49.0 Å². The second kappa shape index (κ2) is 8.58. The molecule has 24 heavy (non-hydrogen) atoms. The predicted molar refractivity (Wildman–Crippen MR) is 93.1 cm³/mol. The van der Waals surface area contributed by atoms with Gasteiger partial charge in [0.2, 0.25) is 5.75 Å². The average molecular weight is 335 g/mol. The molecule has 1 aliphatic carbocycles. The van der Waals surface area contributed by atoms with Gasteiger partial charge in [0.05, 0.1) is 20.3 Å².